The number of hydrogen-bond acceptors (Lipinski definition) is 3. The van der Waals surface area contributed by atoms with Gasteiger partial charge in [-0.15, -0.1) is 0 Å². The van der Waals surface area contributed by atoms with E-state index < -0.39 is 76.1 Å². The molecule has 1 amide bonds. The Hall–Kier alpha value is -3.79. The lowest BCUT2D eigenvalue weighted by Crippen LogP contribution is -2.64. The van der Waals surface area contributed by atoms with Crippen molar-refractivity contribution in [1.29, 1.82) is 0 Å². The summed E-state index contributed by atoms with van der Waals surface area (Å²) in [4.78, 5) is 17.6. The second-order valence-electron chi connectivity index (χ2n) is 12.7. The molecule has 0 spiro atoms. The molecule has 0 aromatic heterocycles. The minimum absolute atomic E-state index is 0.00305. The third-order valence-corrected chi connectivity index (χ3v) is 9.52. The third-order valence-electron chi connectivity index (χ3n) is 9.52. The molecule has 0 saturated carbocycles. The molecule has 1 heterocycles. The number of hydrogen-bond donors (Lipinski definition) is 1. The Bertz CT molecular complexity index is 1630. The van der Waals surface area contributed by atoms with Crippen molar-refractivity contribution in [3.8, 4) is 0 Å². The Morgan fingerprint density at radius 2 is 1.00 bits per heavy atom. The predicted octanol–water partition coefficient (Wildman–Crippen LogP) is 8.86. The topological polar surface area (TPSA) is 35.6 Å². The molecule has 5 rings (SSSR count). The van der Waals surface area contributed by atoms with Gasteiger partial charge in [-0.3, -0.25) is 14.6 Å². The molecule has 1 aliphatic heterocycles. The van der Waals surface area contributed by atoms with Crippen LogP contribution in [-0.2, 0) is 42.3 Å². The Kier molecular flexibility index (Phi) is 9.80. The lowest BCUT2D eigenvalue weighted by molar-refractivity contribution is -0.144. The molecule has 2 atom stereocenters. The highest BCUT2D eigenvalue weighted by Gasteiger charge is 2.50. The maximum Gasteiger partial charge on any atom is 0.416 e. The molecule has 50 heavy (non-hydrogen) atoms. The van der Waals surface area contributed by atoms with Crippen molar-refractivity contribution in [2.75, 3.05) is 26.2 Å². The van der Waals surface area contributed by atoms with E-state index in [1.54, 1.807) is 34.1 Å². The monoisotopic (exact) mass is 725 g/mol. The van der Waals surface area contributed by atoms with E-state index in [4.69, 9.17) is 0 Å². The van der Waals surface area contributed by atoms with Crippen molar-refractivity contribution in [1.82, 2.24) is 15.1 Å². The van der Waals surface area contributed by atoms with Crippen LogP contribution in [0, 0.1) is 0 Å². The summed E-state index contributed by atoms with van der Waals surface area (Å²) in [5.41, 5.74) is -6.28. The standard InChI is InChI=1S/C34H31F12N3O/c1-19(23-11-25(31(35,36)37)15-26(12-23)32(38,39)40)47-29(50)30(17-21-5-3-4-6-22(21)18-30)49-9-7-48(8-10-49)20(2)24-13-27(33(41,42)43)16-28(14-24)34(44,45)46/h3-6,11-16,19-20H,7-10,17-18H2,1-2H3,(H,47,50)/t19-,20-/m0/s1. The van der Waals surface area contributed by atoms with Crippen molar-refractivity contribution in [2.45, 2.75) is 69.0 Å². The quantitative estimate of drug-likeness (QED) is 0.258. The molecule has 2 aliphatic rings. The molecular formula is C34H31F12N3O. The van der Waals surface area contributed by atoms with Gasteiger partial charge in [0.2, 0.25) is 5.91 Å². The fourth-order valence-corrected chi connectivity index (χ4v) is 6.73. The van der Waals surface area contributed by atoms with Gasteiger partial charge in [0.25, 0.3) is 0 Å². The molecule has 3 aromatic rings. The SMILES string of the molecule is C[C@H](NC(=O)C1(N2CCN([C@@H](C)c3cc(C(F)(F)F)cc(C(F)(F)F)c3)CC2)Cc2ccccc2C1)c1cc(C(F)(F)F)cc(C(F)(F)F)c1. The predicted molar refractivity (Wildman–Crippen MR) is 158 cm³/mol. The second kappa shape index (κ2) is 13.1. The van der Waals surface area contributed by atoms with E-state index >= 15 is 0 Å². The van der Waals surface area contributed by atoms with E-state index in [-0.39, 0.29) is 56.7 Å². The Labute approximate surface area is 279 Å². The summed E-state index contributed by atoms with van der Waals surface area (Å²) in [5.74, 6) is -0.652. The van der Waals surface area contributed by atoms with Crippen molar-refractivity contribution in [2.24, 2.45) is 0 Å². The van der Waals surface area contributed by atoms with Crippen molar-refractivity contribution in [3.05, 3.63) is 105 Å². The van der Waals surface area contributed by atoms with E-state index in [2.05, 4.69) is 5.32 Å². The molecule has 1 N–H and O–H groups in total. The van der Waals surface area contributed by atoms with Crippen LogP contribution in [0.5, 0.6) is 0 Å². The number of nitrogens with zero attached hydrogens (tertiary/aromatic N) is 2. The fraction of sp³-hybridized carbons (Fsp3) is 0.441. The minimum Gasteiger partial charge on any atom is -0.348 e. The summed E-state index contributed by atoms with van der Waals surface area (Å²) < 4.78 is 162. The van der Waals surface area contributed by atoms with Crippen LogP contribution >= 0.6 is 0 Å². The maximum absolute atomic E-state index is 14.2. The van der Waals surface area contributed by atoms with Crippen LogP contribution in [0.3, 0.4) is 0 Å². The largest absolute Gasteiger partial charge is 0.416 e. The molecule has 0 bridgehead atoms. The third kappa shape index (κ3) is 7.75. The average Bonchev–Trinajstić information content (AvgIpc) is 3.43. The van der Waals surface area contributed by atoms with Crippen LogP contribution in [0.25, 0.3) is 0 Å². The Morgan fingerprint density at radius 3 is 1.38 bits per heavy atom. The van der Waals surface area contributed by atoms with Gasteiger partial charge in [0, 0.05) is 45.1 Å². The zero-order valence-electron chi connectivity index (χ0n) is 26.5. The van der Waals surface area contributed by atoms with Gasteiger partial charge >= 0.3 is 24.7 Å². The number of carbonyl (C=O) groups excluding carboxylic acids is 1. The van der Waals surface area contributed by atoms with Crippen LogP contribution in [0.2, 0.25) is 0 Å². The number of nitrogens with one attached hydrogen (secondary N) is 1. The van der Waals surface area contributed by atoms with Crippen molar-refractivity contribution < 1.29 is 57.5 Å². The first-order valence-electron chi connectivity index (χ1n) is 15.4. The number of rotatable bonds is 6. The molecular weight excluding hydrogens is 694 g/mol. The molecule has 272 valence electrons. The van der Waals surface area contributed by atoms with Crippen molar-refractivity contribution >= 4 is 5.91 Å². The van der Waals surface area contributed by atoms with Crippen LogP contribution < -0.4 is 5.32 Å². The minimum atomic E-state index is -5.09. The number of benzene rings is 3. The zero-order chi connectivity index (χ0) is 37.0. The van der Waals surface area contributed by atoms with Gasteiger partial charge in [-0.1, -0.05) is 24.3 Å². The van der Waals surface area contributed by atoms with Gasteiger partial charge in [-0.2, -0.15) is 52.7 Å². The highest BCUT2D eigenvalue weighted by Crippen LogP contribution is 2.41. The Balaban J connectivity index is 1.40. The van der Waals surface area contributed by atoms with Gasteiger partial charge in [0.05, 0.1) is 28.3 Å². The lowest BCUT2D eigenvalue weighted by atomic mass is 9.89. The maximum atomic E-state index is 14.2. The van der Waals surface area contributed by atoms with E-state index in [1.165, 1.54) is 13.8 Å². The Morgan fingerprint density at radius 1 is 0.620 bits per heavy atom. The van der Waals surface area contributed by atoms with Crippen LogP contribution in [0.1, 0.15) is 70.4 Å². The molecule has 1 saturated heterocycles. The molecule has 4 nitrogen and oxygen atoms in total. The van der Waals surface area contributed by atoms with E-state index in [1.807, 2.05) is 0 Å². The van der Waals surface area contributed by atoms with Gasteiger partial charge in [-0.25, -0.2) is 0 Å². The number of alkyl halides is 12. The molecule has 1 aliphatic carbocycles. The zero-order valence-corrected chi connectivity index (χ0v) is 26.5. The lowest BCUT2D eigenvalue weighted by Gasteiger charge is -2.46. The van der Waals surface area contributed by atoms with Crippen molar-refractivity contribution in [3.63, 3.8) is 0 Å². The smallest absolute Gasteiger partial charge is 0.348 e. The summed E-state index contributed by atoms with van der Waals surface area (Å²) in [6.45, 7) is 3.27. The number of carbonyl (C=O) groups is 1. The highest BCUT2D eigenvalue weighted by molar-refractivity contribution is 5.88. The van der Waals surface area contributed by atoms with Crippen LogP contribution in [0.4, 0.5) is 52.7 Å². The van der Waals surface area contributed by atoms with Gasteiger partial charge < -0.3 is 5.32 Å². The average molecular weight is 726 g/mol. The number of piperazine rings is 1. The summed E-state index contributed by atoms with van der Waals surface area (Å²) in [6.07, 6.45) is -19.9. The fourth-order valence-electron chi connectivity index (χ4n) is 6.73. The number of amides is 1. The molecule has 16 heteroatoms. The van der Waals surface area contributed by atoms with E-state index in [0.29, 0.717) is 24.3 Å². The van der Waals surface area contributed by atoms with Gasteiger partial charge in [0.15, 0.2) is 0 Å². The van der Waals surface area contributed by atoms with Crippen LogP contribution in [0.15, 0.2) is 60.7 Å². The molecule has 1 fully saturated rings. The normalized spacial score (nSPS) is 18.8. The summed E-state index contributed by atoms with van der Waals surface area (Å²) in [6, 6.07) is 7.43. The van der Waals surface area contributed by atoms with E-state index in [9.17, 15) is 57.5 Å². The molecule has 0 radical (unpaired) electrons. The van der Waals surface area contributed by atoms with Gasteiger partial charge in [-0.05, 0) is 72.5 Å². The molecule has 3 aromatic carbocycles. The van der Waals surface area contributed by atoms with E-state index in [0.717, 1.165) is 11.1 Å². The summed E-state index contributed by atoms with van der Waals surface area (Å²) in [5, 5.41) is 2.63. The summed E-state index contributed by atoms with van der Waals surface area (Å²) >= 11 is 0. The first-order valence-corrected chi connectivity index (χ1v) is 15.4. The second-order valence-corrected chi connectivity index (χ2v) is 12.7. The van der Waals surface area contributed by atoms with Gasteiger partial charge in [0.1, 0.15) is 5.54 Å². The first-order chi connectivity index (χ1) is 23.0. The summed E-state index contributed by atoms with van der Waals surface area (Å²) in [7, 11) is 0. The number of fused-ring (bicyclic) bond motifs is 1. The van der Waals surface area contributed by atoms with Crippen LogP contribution in [-0.4, -0.2) is 47.4 Å². The number of halogens is 12. The molecule has 0 unspecified atom stereocenters. The highest BCUT2D eigenvalue weighted by atomic mass is 19.4. The first kappa shape index (κ1) is 37.5.